The first-order valence-corrected chi connectivity index (χ1v) is 10.1. The number of carbonyl (C=O) groups is 1. The van der Waals surface area contributed by atoms with E-state index in [1.165, 1.54) is 21.9 Å². The molecule has 27 heavy (non-hydrogen) atoms. The molecule has 0 bridgehead atoms. The van der Waals surface area contributed by atoms with Gasteiger partial charge in [0.05, 0.1) is 12.0 Å². The van der Waals surface area contributed by atoms with Crippen molar-refractivity contribution in [2.75, 3.05) is 13.1 Å². The van der Waals surface area contributed by atoms with E-state index < -0.39 is 5.97 Å². The van der Waals surface area contributed by atoms with Gasteiger partial charge in [-0.2, -0.15) is 0 Å². The van der Waals surface area contributed by atoms with Crippen molar-refractivity contribution in [2.45, 2.75) is 18.9 Å². The Morgan fingerprint density at radius 1 is 0.963 bits per heavy atom. The fraction of sp³-hybridized carbons (Fsp3) is 0.261. The topological polar surface area (TPSA) is 40.5 Å². The molecule has 1 N–H and O–H groups in total. The van der Waals surface area contributed by atoms with Crippen LogP contribution < -0.4 is 0 Å². The molecule has 4 heteroatoms. The fourth-order valence-electron chi connectivity index (χ4n) is 4.07. The molecule has 4 rings (SSSR count). The largest absolute Gasteiger partial charge is 0.481 e. The van der Waals surface area contributed by atoms with Crippen molar-refractivity contribution < 1.29 is 9.90 Å². The molecule has 3 nitrogen and oxygen atoms in total. The van der Waals surface area contributed by atoms with Gasteiger partial charge in [-0.15, -0.1) is 0 Å². The number of carboxylic acid groups (broad SMARTS) is 1. The number of fused-ring (bicyclic) bond motifs is 1. The fourth-order valence-corrected chi connectivity index (χ4v) is 4.57. The molecule has 1 unspecified atom stereocenters. The van der Waals surface area contributed by atoms with Gasteiger partial charge in [0, 0.05) is 4.47 Å². The molecule has 1 fully saturated rings. The number of benzene rings is 3. The summed E-state index contributed by atoms with van der Waals surface area (Å²) in [6.07, 6.45) is 1.40. The van der Waals surface area contributed by atoms with E-state index in [1.807, 2.05) is 6.07 Å². The van der Waals surface area contributed by atoms with Crippen LogP contribution in [0, 0.1) is 5.92 Å². The summed E-state index contributed by atoms with van der Waals surface area (Å²) < 4.78 is 1.09. The number of likely N-dealkylation sites (tertiary alicyclic amines) is 1. The smallest absolute Gasteiger partial charge is 0.306 e. The van der Waals surface area contributed by atoms with Crippen LogP contribution in [0.5, 0.6) is 0 Å². The monoisotopic (exact) mass is 423 g/mol. The first-order valence-electron chi connectivity index (χ1n) is 9.33. The van der Waals surface area contributed by atoms with Crippen LogP contribution in [0.2, 0.25) is 0 Å². The van der Waals surface area contributed by atoms with Crippen molar-refractivity contribution in [2.24, 2.45) is 5.92 Å². The summed E-state index contributed by atoms with van der Waals surface area (Å²) in [5.74, 6) is -0.893. The highest BCUT2D eigenvalue weighted by molar-refractivity contribution is 9.10. The lowest BCUT2D eigenvalue weighted by Gasteiger charge is -2.37. The van der Waals surface area contributed by atoms with E-state index in [9.17, 15) is 9.90 Å². The van der Waals surface area contributed by atoms with E-state index in [2.05, 4.69) is 81.5 Å². The number of hydrogen-bond acceptors (Lipinski definition) is 2. The van der Waals surface area contributed by atoms with Gasteiger partial charge in [-0.25, -0.2) is 0 Å². The van der Waals surface area contributed by atoms with Crippen molar-refractivity contribution in [1.29, 1.82) is 0 Å². The summed E-state index contributed by atoms with van der Waals surface area (Å²) in [6.45, 7) is 1.57. The molecule has 0 radical (unpaired) electrons. The Bertz CT molecular complexity index is 963. The Hall–Kier alpha value is -2.17. The van der Waals surface area contributed by atoms with Gasteiger partial charge in [0.1, 0.15) is 0 Å². The molecule has 0 aromatic heterocycles. The van der Waals surface area contributed by atoms with E-state index in [-0.39, 0.29) is 12.0 Å². The SMILES string of the molecule is O=C(O)C1CCN(C(c2ccc3ccccc3c2)c2ccccc2Br)CC1. The molecule has 3 aromatic rings. The lowest BCUT2D eigenvalue weighted by Crippen LogP contribution is -2.39. The van der Waals surface area contributed by atoms with Crippen LogP contribution in [0.3, 0.4) is 0 Å². The van der Waals surface area contributed by atoms with Crippen LogP contribution in [0.25, 0.3) is 10.8 Å². The standard InChI is InChI=1S/C23H22BrNO2/c24-21-8-4-3-7-20(21)22(25-13-11-17(12-14-25)23(26)27)19-10-9-16-5-1-2-6-18(16)15-19/h1-10,15,17,22H,11-14H2,(H,26,27). The minimum absolute atomic E-state index is 0.111. The van der Waals surface area contributed by atoms with E-state index in [1.54, 1.807) is 0 Å². The Kier molecular flexibility index (Phi) is 5.28. The molecule has 138 valence electrons. The number of piperidine rings is 1. The van der Waals surface area contributed by atoms with Crippen molar-refractivity contribution in [3.05, 3.63) is 82.3 Å². The normalized spacial score (nSPS) is 17.1. The average Bonchev–Trinajstić information content (AvgIpc) is 2.70. The lowest BCUT2D eigenvalue weighted by atomic mass is 9.90. The van der Waals surface area contributed by atoms with Gasteiger partial charge in [0.25, 0.3) is 0 Å². The third kappa shape index (κ3) is 3.78. The van der Waals surface area contributed by atoms with Crippen LogP contribution in [0.4, 0.5) is 0 Å². The van der Waals surface area contributed by atoms with Gasteiger partial charge in [-0.05, 0) is 60.0 Å². The molecule has 0 amide bonds. The van der Waals surface area contributed by atoms with E-state index in [4.69, 9.17) is 0 Å². The number of hydrogen-bond donors (Lipinski definition) is 1. The summed E-state index contributed by atoms with van der Waals surface area (Å²) in [7, 11) is 0. The zero-order valence-electron chi connectivity index (χ0n) is 15.0. The summed E-state index contributed by atoms with van der Waals surface area (Å²) in [4.78, 5) is 13.8. The Labute approximate surface area is 167 Å². The molecule has 1 saturated heterocycles. The Morgan fingerprint density at radius 3 is 2.33 bits per heavy atom. The number of carboxylic acids is 1. The molecule has 1 atom stereocenters. The summed E-state index contributed by atoms with van der Waals surface area (Å²) in [5, 5.41) is 11.8. The third-order valence-corrected chi connectivity index (χ3v) is 6.26. The molecule has 1 aliphatic heterocycles. The summed E-state index contributed by atoms with van der Waals surface area (Å²) in [5.41, 5.74) is 2.47. The highest BCUT2D eigenvalue weighted by Gasteiger charge is 2.31. The summed E-state index contributed by atoms with van der Waals surface area (Å²) >= 11 is 3.72. The molecule has 1 heterocycles. The quantitative estimate of drug-likeness (QED) is 0.602. The van der Waals surface area contributed by atoms with Gasteiger partial charge in [-0.1, -0.05) is 70.5 Å². The van der Waals surface area contributed by atoms with Crippen molar-refractivity contribution >= 4 is 32.7 Å². The third-order valence-electron chi connectivity index (χ3n) is 5.53. The molecule has 0 spiro atoms. The van der Waals surface area contributed by atoms with E-state index >= 15 is 0 Å². The second kappa shape index (κ2) is 7.83. The minimum Gasteiger partial charge on any atom is -0.481 e. The second-order valence-corrected chi connectivity index (χ2v) is 8.03. The van der Waals surface area contributed by atoms with Gasteiger partial charge in [-0.3, -0.25) is 9.69 Å². The van der Waals surface area contributed by atoms with Gasteiger partial charge in [0.15, 0.2) is 0 Å². The molecule has 0 saturated carbocycles. The van der Waals surface area contributed by atoms with Crippen LogP contribution in [0.15, 0.2) is 71.2 Å². The van der Waals surface area contributed by atoms with Crippen LogP contribution in [-0.4, -0.2) is 29.1 Å². The van der Waals surface area contributed by atoms with Crippen molar-refractivity contribution in [1.82, 2.24) is 4.90 Å². The zero-order chi connectivity index (χ0) is 18.8. The maximum Gasteiger partial charge on any atom is 0.306 e. The average molecular weight is 424 g/mol. The zero-order valence-corrected chi connectivity index (χ0v) is 16.6. The predicted molar refractivity (Wildman–Crippen MR) is 112 cm³/mol. The first kappa shape index (κ1) is 18.2. The van der Waals surface area contributed by atoms with Gasteiger partial charge in [0.2, 0.25) is 0 Å². The van der Waals surface area contributed by atoms with Gasteiger partial charge >= 0.3 is 5.97 Å². The number of rotatable bonds is 4. The minimum atomic E-state index is -0.669. The molecule has 1 aliphatic rings. The molecular weight excluding hydrogens is 402 g/mol. The van der Waals surface area contributed by atoms with Crippen molar-refractivity contribution in [3.8, 4) is 0 Å². The van der Waals surface area contributed by atoms with Gasteiger partial charge < -0.3 is 5.11 Å². The summed E-state index contributed by atoms with van der Waals surface area (Å²) in [6, 6.07) is 23.5. The lowest BCUT2D eigenvalue weighted by molar-refractivity contribution is -0.143. The maximum atomic E-state index is 11.3. The number of nitrogens with zero attached hydrogens (tertiary/aromatic N) is 1. The highest BCUT2D eigenvalue weighted by atomic mass is 79.9. The molecular formula is C23H22BrNO2. The highest BCUT2D eigenvalue weighted by Crippen LogP contribution is 2.37. The van der Waals surface area contributed by atoms with Crippen molar-refractivity contribution in [3.63, 3.8) is 0 Å². The Morgan fingerprint density at radius 2 is 1.63 bits per heavy atom. The number of aliphatic carboxylic acids is 1. The van der Waals surface area contributed by atoms with Crippen LogP contribution in [0.1, 0.15) is 30.0 Å². The molecule has 3 aromatic carbocycles. The maximum absolute atomic E-state index is 11.3. The van der Waals surface area contributed by atoms with E-state index in [0.29, 0.717) is 12.8 Å². The first-order chi connectivity index (χ1) is 13.1. The number of halogens is 1. The van der Waals surface area contributed by atoms with E-state index in [0.717, 1.165) is 17.6 Å². The van der Waals surface area contributed by atoms with Crippen LogP contribution >= 0.6 is 15.9 Å². The Balaban J connectivity index is 1.74. The second-order valence-electron chi connectivity index (χ2n) is 7.18. The molecule has 0 aliphatic carbocycles. The van der Waals surface area contributed by atoms with Crippen LogP contribution in [-0.2, 0) is 4.79 Å². The predicted octanol–water partition coefficient (Wildman–Crippen LogP) is 5.49.